The molecule has 0 aromatic heterocycles. The Hall–Kier alpha value is -1.22. The molecule has 2 N–H and O–H groups in total. The minimum Gasteiger partial charge on any atom is -0.493 e. The van der Waals surface area contributed by atoms with Crippen LogP contribution in [-0.2, 0) is 0 Å². The number of anilines is 1. The predicted molar refractivity (Wildman–Crippen MR) is 126 cm³/mol. The number of halogens is 1. The summed E-state index contributed by atoms with van der Waals surface area (Å²) in [7, 11) is 3.42. The Balaban J connectivity index is 0.00000676. The second-order valence-corrected chi connectivity index (χ2v) is 6.70. The zero-order valence-electron chi connectivity index (χ0n) is 17.8. The zero-order valence-corrected chi connectivity index (χ0v) is 20.2. The molecule has 0 atom stereocenters. The maximum Gasteiger partial charge on any atom is 0.195 e. The van der Waals surface area contributed by atoms with E-state index in [-0.39, 0.29) is 24.0 Å². The van der Waals surface area contributed by atoms with Crippen molar-refractivity contribution in [3.63, 3.8) is 0 Å². The molecular weight excluding hydrogens is 455 g/mol. The molecule has 1 aromatic carbocycles. The Kier molecular flexibility index (Phi) is 13.2. The van der Waals surface area contributed by atoms with Crippen LogP contribution >= 0.6 is 24.0 Å². The number of nitrogens with one attached hydrogen (secondary N) is 2. The summed E-state index contributed by atoms with van der Waals surface area (Å²) < 4.78 is 10.9. The van der Waals surface area contributed by atoms with Crippen molar-refractivity contribution in [2.45, 2.75) is 53.1 Å². The van der Waals surface area contributed by atoms with Crippen LogP contribution in [0.4, 0.5) is 5.69 Å². The largest absolute Gasteiger partial charge is 0.493 e. The Morgan fingerprint density at radius 1 is 1.15 bits per heavy atom. The lowest BCUT2D eigenvalue weighted by Crippen LogP contribution is -2.39. The number of nitrogens with zero attached hydrogens (tertiary/aromatic N) is 2. The molecule has 0 aliphatic carbocycles. The highest BCUT2D eigenvalue weighted by molar-refractivity contribution is 14.0. The number of benzene rings is 1. The molecule has 0 fully saturated rings. The molecule has 27 heavy (non-hydrogen) atoms. The molecule has 7 heteroatoms. The first-order valence-corrected chi connectivity index (χ1v) is 9.47. The van der Waals surface area contributed by atoms with E-state index in [1.165, 1.54) is 0 Å². The van der Waals surface area contributed by atoms with Crippen LogP contribution in [0.2, 0.25) is 0 Å². The standard InChI is InChI=1S/C20H36N4O2.HI/c1-8-26-18-11-10-17(14-19(18)25-7)23-20(21-6)22-12-9-13-24(15(2)3)16(4)5;/h10-11,14-16H,8-9,12-13H2,1-7H3,(H2,21,22,23);1H. The summed E-state index contributed by atoms with van der Waals surface area (Å²) >= 11 is 0. The first-order valence-electron chi connectivity index (χ1n) is 9.47. The Morgan fingerprint density at radius 2 is 1.81 bits per heavy atom. The van der Waals surface area contributed by atoms with Gasteiger partial charge in [-0.05, 0) is 53.2 Å². The molecule has 0 spiro atoms. The van der Waals surface area contributed by atoms with Crippen LogP contribution in [0, 0.1) is 0 Å². The van der Waals surface area contributed by atoms with Crippen molar-refractivity contribution in [2.75, 3.05) is 39.2 Å². The molecular formula is C20H37IN4O2. The van der Waals surface area contributed by atoms with Gasteiger partial charge in [0.05, 0.1) is 13.7 Å². The summed E-state index contributed by atoms with van der Waals surface area (Å²) in [6.07, 6.45) is 1.06. The second-order valence-electron chi connectivity index (χ2n) is 6.70. The fourth-order valence-corrected chi connectivity index (χ4v) is 2.92. The molecule has 156 valence electrons. The highest BCUT2D eigenvalue weighted by Gasteiger charge is 2.12. The first kappa shape index (κ1) is 25.8. The molecule has 0 saturated heterocycles. The lowest BCUT2D eigenvalue weighted by atomic mass is 10.2. The van der Waals surface area contributed by atoms with Crippen molar-refractivity contribution >= 4 is 35.6 Å². The highest BCUT2D eigenvalue weighted by atomic mass is 127. The third-order valence-electron chi connectivity index (χ3n) is 4.16. The molecule has 0 unspecified atom stereocenters. The average Bonchev–Trinajstić information content (AvgIpc) is 2.61. The number of guanidine groups is 1. The van der Waals surface area contributed by atoms with Crippen molar-refractivity contribution in [1.82, 2.24) is 10.2 Å². The van der Waals surface area contributed by atoms with Crippen molar-refractivity contribution in [2.24, 2.45) is 4.99 Å². The lowest BCUT2D eigenvalue weighted by Gasteiger charge is -2.30. The van der Waals surface area contributed by atoms with Crippen LogP contribution in [0.5, 0.6) is 11.5 Å². The van der Waals surface area contributed by atoms with Crippen molar-refractivity contribution in [3.8, 4) is 11.5 Å². The Bertz CT molecular complexity index is 557. The van der Waals surface area contributed by atoms with Crippen LogP contribution in [0.3, 0.4) is 0 Å². The molecule has 0 heterocycles. The third kappa shape index (κ3) is 9.01. The molecule has 0 aliphatic heterocycles. The maximum absolute atomic E-state index is 5.55. The van der Waals surface area contributed by atoms with Gasteiger partial charge in [0.25, 0.3) is 0 Å². The zero-order chi connectivity index (χ0) is 19.5. The SMILES string of the molecule is CCOc1ccc(NC(=NC)NCCCN(C(C)C)C(C)C)cc1OC.I. The Morgan fingerprint density at radius 3 is 2.33 bits per heavy atom. The molecule has 1 rings (SSSR count). The maximum atomic E-state index is 5.55. The van der Waals surface area contributed by atoms with Crippen LogP contribution in [-0.4, -0.2) is 56.8 Å². The van der Waals surface area contributed by atoms with E-state index in [4.69, 9.17) is 9.47 Å². The lowest BCUT2D eigenvalue weighted by molar-refractivity contribution is 0.173. The highest BCUT2D eigenvalue weighted by Crippen LogP contribution is 2.30. The fourth-order valence-electron chi connectivity index (χ4n) is 2.92. The number of hydrogen-bond acceptors (Lipinski definition) is 4. The summed E-state index contributed by atoms with van der Waals surface area (Å²) in [5.74, 6) is 2.19. The minimum absolute atomic E-state index is 0. The minimum atomic E-state index is 0. The molecule has 0 aliphatic rings. The number of methoxy groups -OCH3 is 1. The first-order chi connectivity index (χ1) is 12.4. The van der Waals surface area contributed by atoms with Gasteiger partial charge in [-0.2, -0.15) is 0 Å². The van der Waals surface area contributed by atoms with Gasteiger partial charge in [-0.1, -0.05) is 0 Å². The summed E-state index contributed by atoms with van der Waals surface area (Å²) in [4.78, 5) is 6.79. The van der Waals surface area contributed by atoms with Gasteiger partial charge in [0, 0.05) is 44.0 Å². The molecule has 0 amide bonds. The number of aliphatic imine (C=N–C) groups is 1. The van der Waals surface area contributed by atoms with E-state index in [9.17, 15) is 0 Å². The van der Waals surface area contributed by atoms with E-state index in [1.807, 2.05) is 25.1 Å². The third-order valence-corrected chi connectivity index (χ3v) is 4.16. The molecule has 0 bridgehead atoms. The van der Waals surface area contributed by atoms with Gasteiger partial charge in [0.1, 0.15) is 0 Å². The number of hydrogen-bond donors (Lipinski definition) is 2. The average molecular weight is 492 g/mol. The number of ether oxygens (including phenoxy) is 2. The van der Waals surface area contributed by atoms with E-state index in [1.54, 1.807) is 14.2 Å². The van der Waals surface area contributed by atoms with Gasteiger partial charge in [0.15, 0.2) is 17.5 Å². The predicted octanol–water partition coefficient (Wildman–Crippen LogP) is 4.21. The smallest absolute Gasteiger partial charge is 0.195 e. The van der Waals surface area contributed by atoms with Crippen LogP contribution in [0.1, 0.15) is 41.0 Å². The van der Waals surface area contributed by atoms with Gasteiger partial charge in [-0.15, -0.1) is 24.0 Å². The van der Waals surface area contributed by atoms with Crippen LogP contribution in [0.15, 0.2) is 23.2 Å². The monoisotopic (exact) mass is 492 g/mol. The van der Waals surface area contributed by atoms with Crippen molar-refractivity contribution in [1.29, 1.82) is 0 Å². The van der Waals surface area contributed by atoms with Gasteiger partial charge in [0.2, 0.25) is 0 Å². The second kappa shape index (κ2) is 13.9. The van der Waals surface area contributed by atoms with E-state index >= 15 is 0 Å². The topological polar surface area (TPSA) is 58.1 Å². The van der Waals surface area contributed by atoms with Gasteiger partial charge in [-0.25, -0.2) is 0 Å². The van der Waals surface area contributed by atoms with E-state index < -0.39 is 0 Å². The molecule has 0 radical (unpaired) electrons. The van der Waals surface area contributed by atoms with Crippen LogP contribution < -0.4 is 20.1 Å². The summed E-state index contributed by atoms with van der Waals surface area (Å²) in [5.41, 5.74) is 0.907. The van der Waals surface area contributed by atoms with Gasteiger partial charge < -0.3 is 20.1 Å². The van der Waals surface area contributed by atoms with Crippen LogP contribution in [0.25, 0.3) is 0 Å². The van der Waals surface area contributed by atoms with Crippen molar-refractivity contribution in [3.05, 3.63) is 18.2 Å². The van der Waals surface area contributed by atoms with Gasteiger partial charge >= 0.3 is 0 Å². The molecule has 6 nitrogen and oxygen atoms in total. The van der Waals surface area contributed by atoms with Crippen molar-refractivity contribution < 1.29 is 9.47 Å². The normalized spacial score (nSPS) is 11.6. The van der Waals surface area contributed by atoms with E-state index in [0.29, 0.717) is 24.4 Å². The quantitative estimate of drug-likeness (QED) is 0.222. The summed E-state index contributed by atoms with van der Waals surface area (Å²) in [6.45, 7) is 13.5. The fraction of sp³-hybridized carbons (Fsp3) is 0.650. The summed E-state index contributed by atoms with van der Waals surface area (Å²) in [5, 5.41) is 6.66. The van der Waals surface area contributed by atoms with E-state index in [2.05, 4.69) is 48.2 Å². The molecule has 0 saturated carbocycles. The van der Waals surface area contributed by atoms with E-state index in [0.717, 1.165) is 36.9 Å². The summed E-state index contributed by atoms with van der Waals surface area (Å²) in [6, 6.07) is 6.89. The Labute approximate surface area is 182 Å². The van der Waals surface area contributed by atoms with Gasteiger partial charge in [-0.3, -0.25) is 9.89 Å². The number of rotatable bonds is 10. The molecule has 1 aromatic rings.